The van der Waals surface area contributed by atoms with Gasteiger partial charge in [0.1, 0.15) is 0 Å². The fraction of sp³-hybridized carbons (Fsp3) is 0.500. The summed E-state index contributed by atoms with van der Waals surface area (Å²) in [6.45, 7) is 8.88. The van der Waals surface area contributed by atoms with Gasteiger partial charge in [-0.05, 0) is 44.9 Å². The van der Waals surface area contributed by atoms with E-state index < -0.39 is 0 Å². The van der Waals surface area contributed by atoms with Crippen LogP contribution in [-0.4, -0.2) is 44.3 Å². The van der Waals surface area contributed by atoms with Crippen LogP contribution in [0.15, 0.2) is 29.4 Å². The Balaban J connectivity index is 0.00000392. The highest BCUT2D eigenvalue weighted by molar-refractivity contribution is 14.0. The van der Waals surface area contributed by atoms with Crippen molar-refractivity contribution in [1.29, 1.82) is 0 Å². The standard InChI is InChI=1S/C20H30N4O2S.HI/c1-5-25-17-8-7-16(13-18(17)26-6-2)9-11-22-20(21-4)23-12-10-19-24-14-15(3)27-19;/h7-8,13-14H,5-6,9-12H2,1-4H3,(H2,21,22,23);1H. The molecule has 0 amide bonds. The van der Waals surface area contributed by atoms with Crippen LogP contribution in [0.5, 0.6) is 11.5 Å². The number of nitrogens with zero attached hydrogens (tertiary/aromatic N) is 2. The molecular weight excluding hydrogens is 487 g/mol. The molecule has 28 heavy (non-hydrogen) atoms. The Kier molecular flexibility index (Phi) is 11.9. The van der Waals surface area contributed by atoms with Crippen LogP contribution in [0.4, 0.5) is 0 Å². The highest BCUT2D eigenvalue weighted by Gasteiger charge is 2.07. The molecule has 1 aromatic carbocycles. The van der Waals surface area contributed by atoms with Crippen molar-refractivity contribution in [2.24, 2.45) is 4.99 Å². The molecule has 1 heterocycles. The van der Waals surface area contributed by atoms with Crippen molar-refractivity contribution in [2.75, 3.05) is 33.4 Å². The first-order valence-corrected chi connectivity index (χ1v) is 10.2. The first kappa shape index (κ1) is 24.5. The minimum Gasteiger partial charge on any atom is -0.490 e. The molecule has 1 aromatic heterocycles. The predicted octanol–water partition coefficient (Wildman–Crippen LogP) is 3.82. The van der Waals surface area contributed by atoms with Crippen molar-refractivity contribution in [2.45, 2.75) is 33.6 Å². The number of halogens is 1. The Hall–Kier alpha value is -1.55. The van der Waals surface area contributed by atoms with E-state index in [2.05, 4.69) is 39.7 Å². The molecule has 0 unspecified atom stereocenters. The molecule has 0 aliphatic rings. The van der Waals surface area contributed by atoms with Gasteiger partial charge >= 0.3 is 0 Å². The number of guanidine groups is 1. The summed E-state index contributed by atoms with van der Waals surface area (Å²) >= 11 is 1.74. The third-order valence-electron chi connectivity index (χ3n) is 3.84. The lowest BCUT2D eigenvalue weighted by atomic mass is 10.1. The Bertz CT molecular complexity index is 737. The second-order valence-corrected chi connectivity index (χ2v) is 7.26. The third kappa shape index (κ3) is 8.22. The van der Waals surface area contributed by atoms with E-state index >= 15 is 0 Å². The van der Waals surface area contributed by atoms with E-state index in [1.54, 1.807) is 18.4 Å². The van der Waals surface area contributed by atoms with Crippen molar-refractivity contribution in [3.8, 4) is 11.5 Å². The van der Waals surface area contributed by atoms with Gasteiger partial charge in [-0.15, -0.1) is 35.3 Å². The number of aliphatic imine (C=N–C) groups is 1. The maximum Gasteiger partial charge on any atom is 0.191 e. The summed E-state index contributed by atoms with van der Waals surface area (Å²) in [7, 11) is 1.78. The largest absolute Gasteiger partial charge is 0.490 e. The fourth-order valence-electron chi connectivity index (χ4n) is 2.60. The number of thiazole rings is 1. The molecule has 0 saturated carbocycles. The summed E-state index contributed by atoms with van der Waals surface area (Å²) in [5, 5.41) is 7.83. The lowest BCUT2D eigenvalue weighted by Gasteiger charge is -2.14. The number of aromatic nitrogens is 1. The molecule has 2 N–H and O–H groups in total. The molecule has 2 aromatic rings. The van der Waals surface area contributed by atoms with Gasteiger partial charge in [-0.3, -0.25) is 4.99 Å². The van der Waals surface area contributed by atoms with Crippen molar-refractivity contribution in [3.63, 3.8) is 0 Å². The van der Waals surface area contributed by atoms with Crippen LogP contribution in [0.25, 0.3) is 0 Å². The van der Waals surface area contributed by atoms with Crippen LogP contribution in [0.3, 0.4) is 0 Å². The van der Waals surface area contributed by atoms with E-state index in [1.807, 2.05) is 26.1 Å². The van der Waals surface area contributed by atoms with Gasteiger partial charge in [-0.25, -0.2) is 4.98 Å². The molecule has 0 aliphatic heterocycles. The lowest BCUT2D eigenvalue weighted by molar-refractivity contribution is 0.287. The summed E-state index contributed by atoms with van der Waals surface area (Å²) in [6, 6.07) is 6.11. The number of hydrogen-bond donors (Lipinski definition) is 2. The smallest absolute Gasteiger partial charge is 0.191 e. The lowest BCUT2D eigenvalue weighted by Crippen LogP contribution is -2.39. The summed E-state index contributed by atoms with van der Waals surface area (Å²) in [5.41, 5.74) is 1.20. The van der Waals surface area contributed by atoms with Crippen molar-refractivity contribution >= 4 is 41.3 Å². The van der Waals surface area contributed by atoms with Gasteiger partial charge in [0.05, 0.1) is 18.2 Å². The zero-order chi connectivity index (χ0) is 19.5. The van der Waals surface area contributed by atoms with E-state index in [1.165, 1.54) is 10.4 Å². The normalized spacial score (nSPS) is 10.9. The summed E-state index contributed by atoms with van der Waals surface area (Å²) in [6.07, 6.45) is 3.69. The van der Waals surface area contributed by atoms with E-state index in [4.69, 9.17) is 9.47 Å². The van der Waals surface area contributed by atoms with Gasteiger partial charge in [0.15, 0.2) is 17.5 Å². The molecule has 2 rings (SSSR count). The van der Waals surface area contributed by atoms with Gasteiger partial charge in [-0.1, -0.05) is 6.07 Å². The summed E-state index contributed by atoms with van der Waals surface area (Å²) < 4.78 is 11.3. The number of aryl methyl sites for hydroxylation is 1. The minimum atomic E-state index is 0. The van der Waals surface area contributed by atoms with Crippen LogP contribution in [0, 0.1) is 6.92 Å². The van der Waals surface area contributed by atoms with E-state index in [0.717, 1.165) is 48.4 Å². The number of hydrogen-bond acceptors (Lipinski definition) is 5. The Morgan fingerprint density at radius 3 is 2.36 bits per heavy atom. The van der Waals surface area contributed by atoms with Crippen molar-refractivity contribution < 1.29 is 9.47 Å². The molecule has 0 fully saturated rings. The molecule has 8 heteroatoms. The predicted molar refractivity (Wildman–Crippen MR) is 128 cm³/mol. The molecule has 0 saturated heterocycles. The maximum absolute atomic E-state index is 5.69. The molecule has 0 bridgehead atoms. The van der Waals surface area contributed by atoms with E-state index in [0.29, 0.717) is 13.2 Å². The Morgan fingerprint density at radius 2 is 1.75 bits per heavy atom. The second kappa shape index (κ2) is 13.6. The average molecular weight is 518 g/mol. The summed E-state index contributed by atoms with van der Waals surface area (Å²) in [5.74, 6) is 2.41. The van der Waals surface area contributed by atoms with Crippen LogP contribution in [-0.2, 0) is 12.8 Å². The van der Waals surface area contributed by atoms with Crippen LogP contribution < -0.4 is 20.1 Å². The molecule has 156 valence electrons. The number of nitrogens with one attached hydrogen (secondary N) is 2. The first-order valence-electron chi connectivity index (χ1n) is 9.40. The number of ether oxygens (including phenoxy) is 2. The summed E-state index contributed by atoms with van der Waals surface area (Å²) in [4.78, 5) is 9.90. The molecule has 0 spiro atoms. The monoisotopic (exact) mass is 518 g/mol. The molecule has 0 radical (unpaired) electrons. The van der Waals surface area contributed by atoms with Gasteiger partial charge in [0.2, 0.25) is 0 Å². The Morgan fingerprint density at radius 1 is 1.07 bits per heavy atom. The zero-order valence-corrected chi connectivity index (χ0v) is 20.2. The number of benzene rings is 1. The van der Waals surface area contributed by atoms with Crippen LogP contribution in [0.1, 0.15) is 29.3 Å². The van der Waals surface area contributed by atoms with Gasteiger partial charge < -0.3 is 20.1 Å². The van der Waals surface area contributed by atoms with Crippen molar-refractivity contribution in [1.82, 2.24) is 15.6 Å². The van der Waals surface area contributed by atoms with Crippen LogP contribution in [0.2, 0.25) is 0 Å². The third-order valence-corrected chi connectivity index (χ3v) is 4.81. The highest BCUT2D eigenvalue weighted by Crippen LogP contribution is 2.28. The molecule has 6 nitrogen and oxygen atoms in total. The zero-order valence-electron chi connectivity index (χ0n) is 17.1. The highest BCUT2D eigenvalue weighted by atomic mass is 127. The first-order chi connectivity index (χ1) is 13.2. The average Bonchev–Trinajstić information content (AvgIpc) is 3.08. The topological polar surface area (TPSA) is 67.8 Å². The van der Waals surface area contributed by atoms with E-state index in [-0.39, 0.29) is 24.0 Å². The Labute approximate surface area is 189 Å². The second-order valence-electron chi connectivity index (χ2n) is 5.94. The SMILES string of the molecule is CCOc1ccc(CCNC(=NC)NCCc2ncc(C)s2)cc1OCC.I. The van der Waals surface area contributed by atoms with Crippen LogP contribution >= 0.6 is 35.3 Å². The van der Waals surface area contributed by atoms with E-state index in [9.17, 15) is 0 Å². The minimum absolute atomic E-state index is 0. The quantitative estimate of drug-likeness (QED) is 0.285. The molecule has 0 atom stereocenters. The van der Waals surface area contributed by atoms with Gasteiger partial charge in [0, 0.05) is 37.6 Å². The maximum atomic E-state index is 5.69. The van der Waals surface area contributed by atoms with Crippen molar-refractivity contribution in [3.05, 3.63) is 39.8 Å². The van der Waals surface area contributed by atoms with Gasteiger partial charge in [-0.2, -0.15) is 0 Å². The van der Waals surface area contributed by atoms with Gasteiger partial charge in [0.25, 0.3) is 0 Å². The molecular formula is C20H31IN4O2S. The molecule has 0 aliphatic carbocycles. The number of rotatable bonds is 10. The fourth-order valence-corrected chi connectivity index (χ4v) is 3.39.